The van der Waals surface area contributed by atoms with Crippen LogP contribution in [0, 0.1) is 0 Å². The van der Waals surface area contributed by atoms with E-state index >= 15 is 0 Å². The van der Waals surface area contributed by atoms with E-state index in [9.17, 15) is 8.42 Å². The second-order valence-electron chi connectivity index (χ2n) is 4.76. The Kier molecular flexibility index (Phi) is 3.40. The molecule has 0 radical (unpaired) electrons. The van der Waals surface area contributed by atoms with E-state index in [2.05, 4.69) is 9.97 Å². The van der Waals surface area contributed by atoms with E-state index in [1.807, 2.05) is 35.2 Å². The Morgan fingerprint density at radius 3 is 2.25 bits per heavy atom. The van der Waals surface area contributed by atoms with Crippen molar-refractivity contribution in [2.24, 2.45) is 0 Å². The van der Waals surface area contributed by atoms with Gasteiger partial charge in [-0.2, -0.15) is 0 Å². The lowest BCUT2D eigenvalue weighted by Crippen LogP contribution is -2.40. The molecule has 104 valence electrons. The second kappa shape index (κ2) is 5.20. The minimum Gasteiger partial charge on any atom is -0.353 e. The number of anilines is 1. The second-order valence-corrected chi connectivity index (χ2v) is 7.07. The van der Waals surface area contributed by atoms with Gasteiger partial charge < -0.3 is 4.90 Å². The van der Waals surface area contributed by atoms with E-state index in [0.717, 1.165) is 17.1 Å². The normalized spacial score (nSPS) is 17.9. The topological polar surface area (TPSA) is 63.2 Å². The van der Waals surface area contributed by atoms with Crippen molar-refractivity contribution >= 4 is 15.7 Å². The summed E-state index contributed by atoms with van der Waals surface area (Å²) >= 11 is 0. The van der Waals surface area contributed by atoms with E-state index in [1.54, 1.807) is 12.4 Å². The standard InChI is InChI=1S/C14H15N3O2S/c18-20(19)8-6-17(7-9-20)14-11-15-13(10-16-14)12-4-2-1-3-5-12/h1-5,10-11H,6-9H2. The first-order valence-electron chi connectivity index (χ1n) is 6.47. The van der Waals surface area contributed by atoms with E-state index in [-0.39, 0.29) is 11.5 Å². The maximum absolute atomic E-state index is 11.4. The van der Waals surface area contributed by atoms with Crippen LogP contribution in [0.3, 0.4) is 0 Å². The predicted molar refractivity (Wildman–Crippen MR) is 78.3 cm³/mol. The highest BCUT2D eigenvalue weighted by Crippen LogP contribution is 2.18. The molecule has 0 atom stereocenters. The van der Waals surface area contributed by atoms with Crippen LogP contribution in [0.2, 0.25) is 0 Å². The number of hydrogen-bond acceptors (Lipinski definition) is 5. The zero-order valence-electron chi connectivity index (χ0n) is 10.9. The average molecular weight is 289 g/mol. The van der Waals surface area contributed by atoms with Gasteiger partial charge in [-0.3, -0.25) is 4.98 Å². The number of sulfone groups is 1. The molecular weight excluding hydrogens is 274 g/mol. The quantitative estimate of drug-likeness (QED) is 0.835. The third-order valence-electron chi connectivity index (χ3n) is 3.38. The van der Waals surface area contributed by atoms with Crippen LogP contribution in [0.1, 0.15) is 0 Å². The molecule has 1 aliphatic heterocycles. The molecule has 2 aromatic rings. The first-order chi connectivity index (χ1) is 9.64. The van der Waals surface area contributed by atoms with Gasteiger partial charge in [0, 0.05) is 18.7 Å². The van der Waals surface area contributed by atoms with Gasteiger partial charge in [-0.15, -0.1) is 0 Å². The summed E-state index contributed by atoms with van der Waals surface area (Å²) in [6.07, 6.45) is 3.44. The summed E-state index contributed by atoms with van der Waals surface area (Å²) in [7, 11) is -2.86. The summed E-state index contributed by atoms with van der Waals surface area (Å²) in [5.41, 5.74) is 1.84. The summed E-state index contributed by atoms with van der Waals surface area (Å²) in [6, 6.07) is 9.84. The molecule has 1 saturated heterocycles. The van der Waals surface area contributed by atoms with Crippen molar-refractivity contribution in [1.82, 2.24) is 9.97 Å². The molecule has 1 aromatic carbocycles. The number of hydrogen-bond donors (Lipinski definition) is 0. The van der Waals surface area contributed by atoms with E-state index in [4.69, 9.17) is 0 Å². The van der Waals surface area contributed by atoms with Gasteiger partial charge in [-0.05, 0) is 0 Å². The van der Waals surface area contributed by atoms with Crippen LogP contribution in [0.15, 0.2) is 42.7 Å². The van der Waals surface area contributed by atoms with Crippen molar-refractivity contribution in [3.8, 4) is 11.3 Å². The predicted octanol–water partition coefficient (Wildman–Crippen LogP) is 1.38. The zero-order chi connectivity index (χ0) is 14.0. The summed E-state index contributed by atoms with van der Waals surface area (Å²) in [6.45, 7) is 0.976. The third kappa shape index (κ3) is 2.80. The van der Waals surface area contributed by atoms with Gasteiger partial charge in [0.2, 0.25) is 0 Å². The fourth-order valence-corrected chi connectivity index (χ4v) is 3.39. The summed E-state index contributed by atoms with van der Waals surface area (Å²) in [5, 5.41) is 0. The first-order valence-corrected chi connectivity index (χ1v) is 8.29. The highest BCUT2D eigenvalue weighted by Gasteiger charge is 2.22. The largest absolute Gasteiger partial charge is 0.353 e. The Balaban J connectivity index is 1.77. The molecule has 20 heavy (non-hydrogen) atoms. The number of nitrogens with zero attached hydrogens (tertiary/aromatic N) is 3. The van der Waals surface area contributed by atoms with Crippen molar-refractivity contribution in [3.05, 3.63) is 42.7 Å². The van der Waals surface area contributed by atoms with Gasteiger partial charge in [-0.1, -0.05) is 30.3 Å². The van der Waals surface area contributed by atoms with Gasteiger partial charge in [0.15, 0.2) is 9.84 Å². The van der Waals surface area contributed by atoms with Crippen molar-refractivity contribution in [2.45, 2.75) is 0 Å². The maximum atomic E-state index is 11.4. The van der Waals surface area contributed by atoms with Crippen molar-refractivity contribution < 1.29 is 8.42 Å². The Bertz CT molecular complexity index is 670. The van der Waals surface area contributed by atoms with Gasteiger partial charge in [-0.25, -0.2) is 13.4 Å². The molecule has 1 aromatic heterocycles. The van der Waals surface area contributed by atoms with Gasteiger partial charge in [0.1, 0.15) is 5.82 Å². The minimum absolute atomic E-state index is 0.190. The monoisotopic (exact) mass is 289 g/mol. The lowest BCUT2D eigenvalue weighted by atomic mass is 10.2. The lowest BCUT2D eigenvalue weighted by molar-refractivity contribution is 0.586. The Labute approximate surface area is 118 Å². The molecule has 0 N–H and O–H groups in total. The fourth-order valence-electron chi connectivity index (χ4n) is 2.18. The van der Waals surface area contributed by atoms with Crippen LogP contribution in [0.4, 0.5) is 5.82 Å². The maximum Gasteiger partial charge on any atom is 0.153 e. The van der Waals surface area contributed by atoms with Crippen LogP contribution in [-0.4, -0.2) is 43.0 Å². The van der Waals surface area contributed by atoms with E-state index in [0.29, 0.717) is 13.1 Å². The van der Waals surface area contributed by atoms with Crippen LogP contribution < -0.4 is 4.90 Å². The third-order valence-corrected chi connectivity index (χ3v) is 4.99. The molecule has 0 unspecified atom stereocenters. The lowest BCUT2D eigenvalue weighted by Gasteiger charge is -2.27. The Morgan fingerprint density at radius 2 is 1.65 bits per heavy atom. The van der Waals surface area contributed by atoms with E-state index < -0.39 is 9.84 Å². The molecule has 5 nitrogen and oxygen atoms in total. The van der Waals surface area contributed by atoms with Crippen LogP contribution in [0.5, 0.6) is 0 Å². The van der Waals surface area contributed by atoms with Gasteiger partial charge in [0.25, 0.3) is 0 Å². The van der Waals surface area contributed by atoms with Crippen molar-refractivity contribution in [2.75, 3.05) is 29.5 Å². The number of rotatable bonds is 2. The summed E-state index contributed by atoms with van der Waals surface area (Å²) in [5.74, 6) is 1.11. The molecule has 0 bridgehead atoms. The molecule has 1 fully saturated rings. The van der Waals surface area contributed by atoms with Crippen molar-refractivity contribution in [1.29, 1.82) is 0 Å². The molecule has 0 aliphatic carbocycles. The summed E-state index contributed by atoms with van der Waals surface area (Å²) < 4.78 is 22.8. The molecule has 3 rings (SSSR count). The molecule has 6 heteroatoms. The van der Waals surface area contributed by atoms with Crippen LogP contribution in [0.25, 0.3) is 11.3 Å². The Hall–Kier alpha value is -1.95. The SMILES string of the molecule is O=S1(=O)CCN(c2cnc(-c3ccccc3)cn2)CC1. The summed E-state index contributed by atoms with van der Waals surface area (Å²) in [4.78, 5) is 10.8. The fraction of sp³-hybridized carbons (Fsp3) is 0.286. The molecule has 2 heterocycles. The number of benzene rings is 1. The molecule has 0 spiro atoms. The number of aromatic nitrogens is 2. The van der Waals surface area contributed by atoms with E-state index in [1.165, 1.54) is 0 Å². The molecular formula is C14H15N3O2S. The highest BCUT2D eigenvalue weighted by atomic mass is 32.2. The first kappa shape index (κ1) is 13.1. The zero-order valence-corrected chi connectivity index (χ0v) is 11.8. The van der Waals surface area contributed by atoms with Gasteiger partial charge in [0.05, 0.1) is 29.6 Å². The highest BCUT2D eigenvalue weighted by molar-refractivity contribution is 7.91. The van der Waals surface area contributed by atoms with Crippen LogP contribution in [-0.2, 0) is 9.84 Å². The molecule has 0 saturated carbocycles. The Morgan fingerprint density at radius 1 is 0.950 bits per heavy atom. The minimum atomic E-state index is -2.86. The molecule has 0 amide bonds. The van der Waals surface area contributed by atoms with Gasteiger partial charge >= 0.3 is 0 Å². The molecule has 1 aliphatic rings. The van der Waals surface area contributed by atoms with Crippen LogP contribution >= 0.6 is 0 Å². The smallest absolute Gasteiger partial charge is 0.153 e. The average Bonchev–Trinajstić information content (AvgIpc) is 2.48. The van der Waals surface area contributed by atoms with Crippen molar-refractivity contribution in [3.63, 3.8) is 0 Å².